The number of methoxy groups -OCH3 is 2. The van der Waals surface area contributed by atoms with Crippen molar-refractivity contribution >= 4 is 37.5 Å². The van der Waals surface area contributed by atoms with Gasteiger partial charge in [-0.05, 0) is 86.1 Å². The Labute approximate surface area is 287 Å². The lowest BCUT2D eigenvalue weighted by atomic mass is 9.82. The molecule has 0 bridgehead atoms. The lowest BCUT2D eigenvalue weighted by molar-refractivity contribution is -0.150. The van der Waals surface area contributed by atoms with Gasteiger partial charge < -0.3 is 38.5 Å². The highest BCUT2D eigenvalue weighted by molar-refractivity contribution is 6.72. The number of fused-ring (bicyclic) bond motifs is 2. The third-order valence-corrected chi connectivity index (χ3v) is 12.8. The topological polar surface area (TPSA) is 118 Å². The fourth-order valence-corrected chi connectivity index (χ4v) is 10.5. The maximum Gasteiger partial charge on any atom is 0.264 e. The second kappa shape index (κ2) is 13.6. The molecule has 0 radical (unpaired) electrons. The molecule has 12 heteroatoms. The van der Waals surface area contributed by atoms with Gasteiger partial charge >= 0.3 is 0 Å². The van der Waals surface area contributed by atoms with E-state index in [1.807, 2.05) is 31.2 Å². The van der Waals surface area contributed by atoms with Gasteiger partial charge in [-0.3, -0.25) is 14.4 Å². The zero-order chi connectivity index (χ0) is 35.1. The van der Waals surface area contributed by atoms with E-state index >= 15 is 4.11 Å². The number of benzene rings is 3. The first-order valence-electron chi connectivity index (χ1n) is 16.7. The number of hydrogen-bond acceptors (Lipinski definition) is 7. The summed E-state index contributed by atoms with van der Waals surface area (Å²) >= 11 is 0. The van der Waals surface area contributed by atoms with Crippen LogP contribution in [0, 0.1) is 5.92 Å². The summed E-state index contributed by atoms with van der Waals surface area (Å²) in [6.07, 6.45) is 0.612. The molecule has 0 aromatic heterocycles. The SMILES string of the molecule is COc1ccc(C(=O)Nc2cccc(CN3C(=O)[C@]4(O[C@H](CC(=O)N5CCC[C@H]5CO)[C@@H]([Si](C)(C)F)[C@@H]4C)c4cc(OC)ccc43)c2)cc1. The van der Waals surface area contributed by atoms with E-state index in [0.29, 0.717) is 47.0 Å². The predicted octanol–water partition coefficient (Wildman–Crippen LogP) is 5.65. The second-order valence-corrected chi connectivity index (χ2v) is 17.5. The van der Waals surface area contributed by atoms with Crippen molar-refractivity contribution in [2.24, 2.45) is 5.92 Å². The number of amides is 3. The Bertz CT molecular complexity index is 1730. The van der Waals surface area contributed by atoms with Crippen molar-refractivity contribution in [1.82, 2.24) is 4.90 Å². The maximum atomic E-state index is 16.3. The summed E-state index contributed by atoms with van der Waals surface area (Å²) in [5, 5.41) is 12.8. The molecule has 3 aliphatic rings. The number of anilines is 2. The largest absolute Gasteiger partial charge is 0.497 e. The first-order chi connectivity index (χ1) is 23.4. The van der Waals surface area contributed by atoms with E-state index in [1.165, 1.54) is 0 Å². The van der Waals surface area contributed by atoms with Gasteiger partial charge in [-0.25, -0.2) is 0 Å². The van der Waals surface area contributed by atoms with E-state index in [2.05, 4.69) is 5.32 Å². The van der Waals surface area contributed by atoms with Crippen molar-refractivity contribution in [2.45, 2.75) is 69.1 Å². The van der Waals surface area contributed by atoms with E-state index in [1.54, 1.807) is 79.6 Å². The zero-order valence-electron chi connectivity index (χ0n) is 28.6. The Hall–Kier alpha value is -4.26. The van der Waals surface area contributed by atoms with Crippen LogP contribution in [0.4, 0.5) is 15.5 Å². The van der Waals surface area contributed by atoms with Crippen LogP contribution in [0.2, 0.25) is 18.6 Å². The van der Waals surface area contributed by atoms with Crippen LogP contribution in [0.15, 0.2) is 66.7 Å². The standard InChI is InChI=1S/C37H44FN3O7Si/c1-23-34(49(4,5)38)32(20-33(43)40-17-7-10-27(40)22-42)48-37(23)30-19-29(47-3)15-16-31(30)41(36(37)45)21-24-8-6-9-26(18-24)39-35(44)25-11-13-28(46-2)14-12-25/h6,8-9,11-16,18-19,23,27,32,34,42H,7,10,17,20-22H2,1-5H3,(H,39,44)/t23-,27-,32+,34-,37+/m0/s1. The van der Waals surface area contributed by atoms with Gasteiger partial charge in [0, 0.05) is 34.8 Å². The molecule has 0 aliphatic carbocycles. The highest BCUT2D eigenvalue weighted by Gasteiger charge is 2.67. The molecule has 49 heavy (non-hydrogen) atoms. The third kappa shape index (κ3) is 6.33. The number of nitrogens with zero attached hydrogens (tertiary/aromatic N) is 2. The van der Waals surface area contributed by atoms with Crippen LogP contribution >= 0.6 is 0 Å². The summed E-state index contributed by atoms with van der Waals surface area (Å²) in [6.45, 7) is 5.64. The summed E-state index contributed by atoms with van der Waals surface area (Å²) in [4.78, 5) is 44.7. The molecule has 2 fully saturated rings. The first kappa shape index (κ1) is 34.6. The van der Waals surface area contributed by atoms with Gasteiger partial charge in [0.05, 0.1) is 51.6 Å². The van der Waals surface area contributed by atoms with Crippen LogP contribution in [0.1, 0.15) is 47.7 Å². The molecule has 1 spiro atoms. The number of aliphatic hydroxyl groups is 1. The third-order valence-electron chi connectivity index (χ3n) is 10.3. The lowest BCUT2D eigenvalue weighted by Crippen LogP contribution is -2.45. The fourth-order valence-electron chi connectivity index (χ4n) is 8.03. The second-order valence-electron chi connectivity index (χ2n) is 13.7. The van der Waals surface area contributed by atoms with E-state index in [9.17, 15) is 19.5 Å². The molecule has 3 aliphatic heterocycles. The molecule has 260 valence electrons. The number of aliphatic hydroxyl groups excluding tert-OH is 1. The van der Waals surface area contributed by atoms with Gasteiger partial charge in [-0.15, -0.1) is 0 Å². The highest BCUT2D eigenvalue weighted by atomic mass is 28.4. The van der Waals surface area contributed by atoms with Crippen molar-refractivity contribution in [3.05, 3.63) is 83.4 Å². The summed E-state index contributed by atoms with van der Waals surface area (Å²) in [7, 11) is -0.389. The van der Waals surface area contributed by atoms with Crippen molar-refractivity contribution in [2.75, 3.05) is 37.6 Å². The summed E-state index contributed by atoms with van der Waals surface area (Å²) in [5.41, 5.74) is 0.820. The van der Waals surface area contributed by atoms with Crippen LogP contribution in [-0.4, -0.2) is 75.7 Å². The molecule has 0 saturated carbocycles. The summed E-state index contributed by atoms with van der Waals surface area (Å²) in [6, 6.07) is 19.2. The molecule has 10 nitrogen and oxygen atoms in total. The minimum atomic E-state index is -3.50. The summed E-state index contributed by atoms with van der Waals surface area (Å²) < 4.78 is 33.8. The number of hydrogen-bond donors (Lipinski definition) is 2. The van der Waals surface area contributed by atoms with Gasteiger partial charge in [0.25, 0.3) is 11.8 Å². The Balaban J connectivity index is 1.31. The van der Waals surface area contributed by atoms with Gasteiger partial charge in [0.15, 0.2) is 5.60 Å². The van der Waals surface area contributed by atoms with Crippen molar-refractivity contribution in [3.8, 4) is 11.5 Å². The molecule has 0 unspecified atom stereocenters. The molecule has 2 N–H and O–H groups in total. The number of carbonyl (C=O) groups excluding carboxylic acids is 3. The monoisotopic (exact) mass is 689 g/mol. The molecule has 6 rings (SSSR count). The first-order valence-corrected chi connectivity index (χ1v) is 19.7. The average Bonchev–Trinajstić information content (AvgIpc) is 3.75. The molecule has 3 heterocycles. The van der Waals surface area contributed by atoms with Gasteiger partial charge in [-0.1, -0.05) is 19.1 Å². The van der Waals surface area contributed by atoms with Crippen molar-refractivity contribution < 1.29 is 37.8 Å². The Morgan fingerprint density at radius 1 is 1.06 bits per heavy atom. The number of carbonyl (C=O) groups is 3. The predicted molar refractivity (Wildman–Crippen MR) is 186 cm³/mol. The Kier molecular flexibility index (Phi) is 9.58. The van der Waals surface area contributed by atoms with Crippen LogP contribution < -0.4 is 19.7 Å². The van der Waals surface area contributed by atoms with E-state index in [-0.39, 0.29) is 43.3 Å². The van der Waals surface area contributed by atoms with E-state index in [4.69, 9.17) is 14.2 Å². The van der Waals surface area contributed by atoms with Crippen LogP contribution in [0.5, 0.6) is 11.5 Å². The number of rotatable bonds is 10. The Morgan fingerprint density at radius 2 is 1.78 bits per heavy atom. The zero-order valence-corrected chi connectivity index (χ0v) is 29.6. The summed E-state index contributed by atoms with van der Waals surface area (Å²) in [5.74, 6) is -0.219. The van der Waals surface area contributed by atoms with Gasteiger partial charge in [0.2, 0.25) is 14.3 Å². The van der Waals surface area contributed by atoms with Crippen LogP contribution in [0.25, 0.3) is 0 Å². The maximum absolute atomic E-state index is 16.3. The van der Waals surface area contributed by atoms with E-state index in [0.717, 1.165) is 12.0 Å². The molecule has 5 atom stereocenters. The molecule has 3 aromatic carbocycles. The van der Waals surface area contributed by atoms with Crippen LogP contribution in [0.3, 0.4) is 0 Å². The van der Waals surface area contributed by atoms with Crippen molar-refractivity contribution in [3.63, 3.8) is 0 Å². The number of ether oxygens (including phenoxy) is 3. The minimum absolute atomic E-state index is 0.0733. The fraction of sp³-hybridized carbons (Fsp3) is 0.432. The quantitative estimate of drug-likeness (QED) is 0.209. The number of nitrogens with one attached hydrogen (secondary N) is 1. The molecule has 2 saturated heterocycles. The molecular weight excluding hydrogens is 646 g/mol. The smallest absolute Gasteiger partial charge is 0.264 e. The number of likely N-dealkylation sites (tertiary alicyclic amines) is 1. The van der Waals surface area contributed by atoms with E-state index < -0.39 is 31.6 Å². The molecule has 3 aromatic rings. The normalized spacial score (nSPS) is 24.8. The Morgan fingerprint density at radius 3 is 2.45 bits per heavy atom. The average molecular weight is 690 g/mol. The van der Waals surface area contributed by atoms with Crippen molar-refractivity contribution in [1.29, 1.82) is 0 Å². The van der Waals surface area contributed by atoms with Gasteiger partial charge in [0.1, 0.15) is 11.5 Å². The van der Waals surface area contributed by atoms with Crippen LogP contribution in [-0.2, 0) is 26.5 Å². The lowest BCUT2D eigenvalue weighted by Gasteiger charge is -2.31. The minimum Gasteiger partial charge on any atom is -0.497 e. The molecular formula is C37H44FN3O7Si. The molecule has 3 amide bonds. The number of halogens is 1. The van der Waals surface area contributed by atoms with Gasteiger partial charge in [-0.2, -0.15) is 0 Å². The highest BCUT2D eigenvalue weighted by Crippen LogP contribution is 2.60.